The van der Waals surface area contributed by atoms with Gasteiger partial charge in [-0.2, -0.15) is 0 Å². The van der Waals surface area contributed by atoms with Gasteiger partial charge < -0.3 is 9.84 Å². The maximum atomic E-state index is 12.2. The van der Waals surface area contributed by atoms with Crippen LogP contribution in [0.4, 0.5) is 0 Å². The number of phenols is 1. The molecule has 1 aromatic carbocycles. The highest BCUT2D eigenvalue weighted by molar-refractivity contribution is 7.99. The summed E-state index contributed by atoms with van der Waals surface area (Å²) in [6.45, 7) is 17.6. The Labute approximate surface area is 183 Å². The third-order valence-electron chi connectivity index (χ3n) is 5.30. The molecule has 0 aromatic heterocycles. The molecule has 0 aliphatic rings. The fraction of sp³-hybridized carbons (Fsp3) is 0.720. The second-order valence-corrected chi connectivity index (χ2v) is 11.1. The third-order valence-corrected chi connectivity index (χ3v) is 6.27. The number of ether oxygens (including phenoxy) is 1. The van der Waals surface area contributed by atoms with E-state index in [2.05, 4.69) is 67.5 Å². The van der Waals surface area contributed by atoms with Gasteiger partial charge in [0.15, 0.2) is 0 Å². The van der Waals surface area contributed by atoms with E-state index in [4.69, 9.17) is 4.74 Å². The molecule has 0 fully saturated rings. The summed E-state index contributed by atoms with van der Waals surface area (Å²) < 4.78 is 5.51. The van der Waals surface area contributed by atoms with Gasteiger partial charge in [-0.1, -0.05) is 86.8 Å². The molecule has 1 rings (SSSR count). The molecule has 0 heterocycles. The average molecular weight is 423 g/mol. The lowest BCUT2D eigenvalue weighted by Gasteiger charge is -2.28. The number of aromatic hydroxyl groups is 1. The smallest absolute Gasteiger partial charge is 0.315 e. The summed E-state index contributed by atoms with van der Waals surface area (Å²) in [6.07, 6.45) is 4.56. The molecule has 0 unspecified atom stereocenters. The zero-order chi connectivity index (χ0) is 22.2. The Balaban J connectivity index is 2.73. The minimum absolute atomic E-state index is 0.129. The summed E-state index contributed by atoms with van der Waals surface area (Å²) in [5.41, 5.74) is 2.79. The summed E-state index contributed by atoms with van der Waals surface area (Å²) in [4.78, 5) is 12.2. The molecule has 0 amide bonds. The van der Waals surface area contributed by atoms with Crippen molar-refractivity contribution in [3.05, 3.63) is 28.8 Å². The summed E-state index contributed by atoms with van der Waals surface area (Å²) >= 11 is 1.58. The second kappa shape index (κ2) is 11.3. The van der Waals surface area contributed by atoms with E-state index < -0.39 is 0 Å². The number of unbranched alkanes of at least 4 members (excludes halogenated alkanes) is 1. The number of hydrogen-bond acceptors (Lipinski definition) is 4. The van der Waals surface area contributed by atoms with Crippen molar-refractivity contribution in [2.75, 3.05) is 12.4 Å². The maximum absolute atomic E-state index is 12.2. The van der Waals surface area contributed by atoms with E-state index >= 15 is 0 Å². The van der Waals surface area contributed by atoms with Crippen LogP contribution < -0.4 is 0 Å². The fourth-order valence-corrected chi connectivity index (χ4v) is 4.08. The van der Waals surface area contributed by atoms with Gasteiger partial charge in [-0.3, -0.25) is 4.79 Å². The van der Waals surface area contributed by atoms with Crippen LogP contribution in [0, 0.1) is 5.92 Å². The van der Waals surface area contributed by atoms with Crippen molar-refractivity contribution in [3.63, 3.8) is 0 Å². The minimum Gasteiger partial charge on any atom is -0.507 e. The van der Waals surface area contributed by atoms with E-state index in [1.165, 1.54) is 12.8 Å². The highest BCUT2D eigenvalue weighted by atomic mass is 32.2. The molecule has 0 aliphatic heterocycles. The van der Waals surface area contributed by atoms with E-state index in [0.29, 0.717) is 24.0 Å². The first-order valence-corrected chi connectivity index (χ1v) is 12.2. The Morgan fingerprint density at radius 3 is 2.07 bits per heavy atom. The van der Waals surface area contributed by atoms with E-state index in [1.54, 1.807) is 11.8 Å². The number of rotatable bonds is 10. The van der Waals surface area contributed by atoms with Crippen LogP contribution in [-0.2, 0) is 26.1 Å². The topological polar surface area (TPSA) is 46.5 Å². The molecular formula is C25H42O3S. The Morgan fingerprint density at radius 1 is 1.07 bits per heavy atom. The molecule has 1 atom stereocenters. The number of benzene rings is 1. The van der Waals surface area contributed by atoms with Crippen LogP contribution in [0.15, 0.2) is 12.1 Å². The van der Waals surface area contributed by atoms with Gasteiger partial charge in [0.1, 0.15) is 5.75 Å². The molecule has 1 aromatic rings. The van der Waals surface area contributed by atoms with Crippen LogP contribution in [0.2, 0.25) is 0 Å². The Hall–Kier alpha value is -1.16. The van der Waals surface area contributed by atoms with Crippen LogP contribution in [0.25, 0.3) is 0 Å². The molecule has 0 bridgehead atoms. The SMILES string of the molecule is CCCC[C@H](CC)COC(=O)CSCc1cc(C(C)(C)C)c(O)c(C(C)(C)C)c1. The van der Waals surface area contributed by atoms with E-state index in [1.807, 2.05) is 0 Å². The first kappa shape index (κ1) is 25.9. The molecule has 3 nitrogen and oxygen atoms in total. The minimum atomic E-state index is -0.142. The highest BCUT2D eigenvalue weighted by Gasteiger charge is 2.26. The Bertz CT molecular complexity index is 618. The summed E-state index contributed by atoms with van der Waals surface area (Å²) in [7, 11) is 0. The maximum Gasteiger partial charge on any atom is 0.315 e. The van der Waals surface area contributed by atoms with Gasteiger partial charge >= 0.3 is 5.97 Å². The van der Waals surface area contributed by atoms with Gasteiger partial charge in [-0.05, 0) is 39.9 Å². The van der Waals surface area contributed by atoms with E-state index in [0.717, 1.165) is 35.3 Å². The molecule has 0 spiro atoms. The predicted molar refractivity (Wildman–Crippen MR) is 126 cm³/mol. The first-order chi connectivity index (χ1) is 13.4. The van der Waals surface area contributed by atoms with E-state index in [9.17, 15) is 9.90 Å². The van der Waals surface area contributed by atoms with Crippen molar-refractivity contribution in [3.8, 4) is 5.75 Å². The summed E-state index contributed by atoms with van der Waals surface area (Å²) in [5.74, 6) is 1.84. The van der Waals surface area contributed by atoms with Gasteiger partial charge in [0, 0.05) is 5.75 Å². The molecule has 0 saturated carbocycles. The molecule has 29 heavy (non-hydrogen) atoms. The van der Waals surface area contributed by atoms with Crippen LogP contribution >= 0.6 is 11.8 Å². The van der Waals surface area contributed by atoms with Gasteiger partial charge in [0.25, 0.3) is 0 Å². The van der Waals surface area contributed by atoms with Crippen LogP contribution in [-0.4, -0.2) is 23.4 Å². The van der Waals surface area contributed by atoms with Crippen LogP contribution in [0.1, 0.15) is 97.8 Å². The normalized spacial score (nSPS) is 13.4. The summed E-state index contributed by atoms with van der Waals surface area (Å²) in [5, 5.41) is 10.8. The lowest BCUT2D eigenvalue weighted by atomic mass is 9.78. The number of esters is 1. The molecule has 166 valence electrons. The van der Waals surface area contributed by atoms with Crippen LogP contribution in [0.3, 0.4) is 0 Å². The zero-order valence-corrected chi connectivity index (χ0v) is 20.7. The zero-order valence-electron chi connectivity index (χ0n) is 19.9. The van der Waals surface area contributed by atoms with Gasteiger partial charge in [0.05, 0.1) is 12.4 Å². The number of thioether (sulfide) groups is 1. The summed E-state index contributed by atoms with van der Waals surface area (Å²) in [6, 6.07) is 4.17. The standard InChI is InChI=1S/C25H42O3S/c1-9-11-12-18(10-2)15-28-22(26)17-29-16-19-13-20(24(3,4)5)23(27)21(14-19)25(6,7)8/h13-14,18,27H,9-12,15-17H2,1-8H3/t18-/m0/s1. The van der Waals surface area contributed by atoms with Crippen molar-refractivity contribution in [2.45, 2.75) is 97.7 Å². The average Bonchev–Trinajstić information content (AvgIpc) is 2.61. The van der Waals surface area contributed by atoms with Crippen molar-refractivity contribution in [1.29, 1.82) is 0 Å². The Morgan fingerprint density at radius 2 is 1.62 bits per heavy atom. The molecule has 4 heteroatoms. The molecular weight excluding hydrogens is 380 g/mol. The third kappa shape index (κ3) is 8.62. The molecule has 0 radical (unpaired) electrons. The lowest BCUT2D eigenvalue weighted by molar-refractivity contribution is -0.141. The van der Waals surface area contributed by atoms with Crippen molar-refractivity contribution in [1.82, 2.24) is 0 Å². The largest absolute Gasteiger partial charge is 0.507 e. The van der Waals surface area contributed by atoms with Gasteiger partial charge in [-0.25, -0.2) is 0 Å². The second-order valence-electron chi connectivity index (χ2n) is 10.1. The number of hydrogen-bond donors (Lipinski definition) is 1. The highest BCUT2D eigenvalue weighted by Crippen LogP contribution is 2.40. The molecule has 0 aliphatic carbocycles. The Kier molecular flexibility index (Phi) is 10.1. The monoisotopic (exact) mass is 422 g/mol. The number of phenolic OH excluding ortho intramolecular Hbond substituents is 1. The first-order valence-electron chi connectivity index (χ1n) is 11.0. The van der Waals surface area contributed by atoms with Gasteiger partial charge in [-0.15, -0.1) is 11.8 Å². The molecule has 0 saturated heterocycles. The quantitative estimate of drug-likeness (QED) is 0.413. The van der Waals surface area contributed by atoms with Crippen LogP contribution in [0.5, 0.6) is 5.75 Å². The van der Waals surface area contributed by atoms with Crippen molar-refractivity contribution < 1.29 is 14.6 Å². The fourth-order valence-electron chi connectivity index (χ4n) is 3.32. The van der Waals surface area contributed by atoms with E-state index in [-0.39, 0.29) is 16.8 Å². The van der Waals surface area contributed by atoms with Gasteiger partial charge in [0.2, 0.25) is 0 Å². The lowest BCUT2D eigenvalue weighted by Crippen LogP contribution is -2.18. The predicted octanol–water partition coefficient (Wildman–Crippen LogP) is 6.98. The molecule has 1 N–H and O–H groups in total. The van der Waals surface area contributed by atoms with Crippen molar-refractivity contribution >= 4 is 17.7 Å². The number of carbonyl (C=O) groups is 1. The van der Waals surface area contributed by atoms with Crippen molar-refractivity contribution in [2.24, 2.45) is 5.92 Å². The number of carbonyl (C=O) groups excluding carboxylic acids is 1.